The molecule has 198 valence electrons. The first-order valence-corrected chi connectivity index (χ1v) is 12.0. The van der Waals surface area contributed by atoms with Crippen molar-refractivity contribution in [3.05, 3.63) is 57.7 Å². The van der Waals surface area contributed by atoms with Crippen LogP contribution in [0.5, 0.6) is 0 Å². The molecule has 2 unspecified atom stereocenters. The lowest BCUT2D eigenvalue weighted by Crippen LogP contribution is -2.17. The topological polar surface area (TPSA) is 0 Å². The fourth-order valence-corrected chi connectivity index (χ4v) is 4.56. The van der Waals surface area contributed by atoms with E-state index in [1.165, 1.54) is 40.2 Å². The highest BCUT2D eigenvalue weighted by Gasteiger charge is 2.43. The Morgan fingerprint density at radius 1 is 0.657 bits per heavy atom. The quantitative estimate of drug-likeness (QED) is 0.108. The number of alkyl halides is 3. The van der Waals surface area contributed by atoms with Crippen LogP contribution in [0.1, 0.15) is 51.2 Å². The lowest BCUT2D eigenvalue weighted by molar-refractivity contribution is -0.139. The molecular formula is C23H24F11P. The Balaban J connectivity index is 0.000000518. The van der Waals surface area contributed by atoms with E-state index in [0.717, 1.165) is 5.92 Å². The zero-order valence-corrected chi connectivity index (χ0v) is 20.3. The molecule has 0 heterocycles. The molecule has 0 spiro atoms. The van der Waals surface area contributed by atoms with Gasteiger partial charge in [0.05, 0.1) is 5.56 Å². The molecule has 0 N–H and O–H groups in total. The lowest BCUT2D eigenvalue weighted by atomic mass is 9.92. The van der Waals surface area contributed by atoms with Gasteiger partial charge in [-0.3, -0.25) is 0 Å². The van der Waals surface area contributed by atoms with Gasteiger partial charge in [-0.25, -0.2) is 35.1 Å². The molecule has 2 atom stereocenters. The van der Waals surface area contributed by atoms with Crippen LogP contribution in [-0.2, 0) is 6.18 Å². The summed E-state index contributed by atoms with van der Waals surface area (Å²) in [4.78, 5) is 0. The second kappa shape index (κ2) is 12.9. The molecule has 0 fully saturated rings. The maximum absolute atomic E-state index is 13.8. The summed E-state index contributed by atoms with van der Waals surface area (Å²) in [5.41, 5.74) is -8.45. The predicted octanol–water partition coefficient (Wildman–Crippen LogP) is 9.30. The second-order valence-electron chi connectivity index (χ2n) is 7.86. The maximum atomic E-state index is 13.8. The summed E-state index contributed by atoms with van der Waals surface area (Å²) in [6.45, 7) is 7.30. The molecule has 0 amide bonds. The average molecular weight is 540 g/mol. The first kappa shape index (κ1) is 31.1. The second-order valence-corrected chi connectivity index (χ2v) is 9.27. The fourth-order valence-electron chi connectivity index (χ4n) is 3.30. The summed E-state index contributed by atoms with van der Waals surface area (Å²) < 4.78 is 146. The van der Waals surface area contributed by atoms with Crippen LogP contribution in [0.2, 0.25) is 0 Å². The monoisotopic (exact) mass is 540 g/mol. The van der Waals surface area contributed by atoms with Crippen molar-refractivity contribution in [1.29, 1.82) is 0 Å². The van der Waals surface area contributed by atoms with Crippen molar-refractivity contribution in [2.45, 2.75) is 53.1 Å². The molecule has 12 heteroatoms. The highest BCUT2D eigenvalue weighted by atomic mass is 31.1. The van der Waals surface area contributed by atoms with Crippen LogP contribution < -0.4 is 0 Å². The van der Waals surface area contributed by atoms with Crippen LogP contribution in [0.25, 0.3) is 11.1 Å². The Bertz CT molecular complexity index is 1000. The third-order valence-corrected chi connectivity index (χ3v) is 6.84. The molecule has 0 radical (unpaired) electrons. The molecule has 2 rings (SSSR count). The minimum absolute atomic E-state index is 0.362. The van der Waals surface area contributed by atoms with Gasteiger partial charge >= 0.3 is 6.18 Å². The maximum Gasteiger partial charge on any atom is 0.419 e. The number of hydrogen-bond donors (Lipinski definition) is 0. The number of benzene rings is 2. The van der Waals surface area contributed by atoms with E-state index in [1.807, 2.05) is 0 Å². The standard InChI is InChI=1S/C14H3F11.C9H21P/c1-2-3(4-7(16)11(20)13(22)12(21)8(4)17)5(14(23,24)25)9(18)10(19)6(2)15;1-4-6-9(3)8-10-7-5-2/h1H3;9-10H,4-8H2,1-3H3. The predicted molar refractivity (Wildman–Crippen MR) is 114 cm³/mol. The summed E-state index contributed by atoms with van der Waals surface area (Å²) in [5, 5.41) is 0. The zero-order chi connectivity index (χ0) is 27.2. The Hall–Kier alpha value is -1.90. The van der Waals surface area contributed by atoms with Gasteiger partial charge in [-0.2, -0.15) is 13.2 Å². The van der Waals surface area contributed by atoms with Gasteiger partial charge in [0.25, 0.3) is 0 Å². The van der Waals surface area contributed by atoms with Crippen LogP contribution in [0.4, 0.5) is 48.3 Å². The van der Waals surface area contributed by atoms with Crippen LogP contribution in [0.3, 0.4) is 0 Å². The van der Waals surface area contributed by atoms with Gasteiger partial charge in [-0.1, -0.05) is 40.0 Å². The van der Waals surface area contributed by atoms with Crippen molar-refractivity contribution in [1.82, 2.24) is 0 Å². The van der Waals surface area contributed by atoms with Gasteiger partial charge in [0, 0.05) is 5.56 Å². The van der Waals surface area contributed by atoms with Gasteiger partial charge in [-0.15, -0.1) is 8.58 Å². The van der Waals surface area contributed by atoms with Gasteiger partial charge in [0.2, 0.25) is 5.82 Å². The van der Waals surface area contributed by atoms with E-state index in [9.17, 15) is 48.3 Å². The van der Waals surface area contributed by atoms with Gasteiger partial charge < -0.3 is 0 Å². The molecule has 0 aliphatic heterocycles. The summed E-state index contributed by atoms with van der Waals surface area (Å²) in [6, 6.07) is 0. The van der Waals surface area contributed by atoms with Crippen LogP contribution in [-0.4, -0.2) is 12.3 Å². The van der Waals surface area contributed by atoms with Crippen molar-refractivity contribution >= 4 is 8.58 Å². The van der Waals surface area contributed by atoms with Crippen molar-refractivity contribution in [2.24, 2.45) is 5.92 Å². The summed E-state index contributed by atoms with van der Waals surface area (Å²) >= 11 is 0. The molecule has 0 aliphatic rings. The minimum Gasteiger partial charge on any atom is -0.203 e. The van der Waals surface area contributed by atoms with Crippen LogP contribution in [0.15, 0.2) is 0 Å². The minimum atomic E-state index is -5.83. The first-order valence-electron chi connectivity index (χ1n) is 10.6. The molecule has 35 heavy (non-hydrogen) atoms. The molecular weight excluding hydrogens is 516 g/mol. The highest BCUT2D eigenvalue weighted by Crippen LogP contribution is 2.45. The Kier molecular flexibility index (Phi) is 11.5. The third kappa shape index (κ3) is 7.08. The van der Waals surface area contributed by atoms with Gasteiger partial charge in [-0.05, 0) is 30.7 Å². The average Bonchev–Trinajstić information content (AvgIpc) is 2.78. The molecule has 2 aromatic rings. The van der Waals surface area contributed by atoms with Crippen molar-refractivity contribution < 1.29 is 48.3 Å². The van der Waals surface area contributed by atoms with Crippen molar-refractivity contribution in [3.8, 4) is 11.1 Å². The Morgan fingerprint density at radius 3 is 1.54 bits per heavy atom. The fraction of sp³-hybridized carbons (Fsp3) is 0.478. The third-order valence-electron chi connectivity index (χ3n) is 5.00. The van der Waals surface area contributed by atoms with E-state index in [0.29, 0.717) is 6.92 Å². The summed E-state index contributed by atoms with van der Waals surface area (Å²) in [7, 11) is 1.22. The van der Waals surface area contributed by atoms with Crippen molar-refractivity contribution in [3.63, 3.8) is 0 Å². The Morgan fingerprint density at radius 2 is 1.11 bits per heavy atom. The molecule has 0 aliphatic carbocycles. The smallest absolute Gasteiger partial charge is 0.203 e. The molecule has 0 nitrogen and oxygen atoms in total. The number of halogens is 11. The zero-order valence-electron chi connectivity index (χ0n) is 19.3. The number of rotatable bonds is 7. The Labute approximate surface area is 197 Å². The van der Waals surface area contributed by atoms with E-state index in [-0.39, 0.29) is 0 Å². The first-order chi connectivity index (χ1) is 16.1. The van der Waals surface area contributed by atoms with Gasteiger partial charge in [0.15, 0.2) is 40.7 Å². The molecule has 0 saturated heterocycles. The van der Waals surface area contributed by atoms with Crippen LogP contribution in [0, 0.1) is 59.4 Å². The van der Waals surface area contributed by atoms with Crippen molar-refractivity contribution in [2.75, 3.05) is 12.3 Å². The number of hydrogen-bond acceptors (Lipinski definition) is 0. The van der Waals surface area contributed by atoms with Crippen LogP contribution >= 0.6 is 8.58 Å². The highest BCUT2D eigenvalue weighted by molar-refractivity contribution is 7.37. The SMILES string of the molecule is CCCPCC(C)CCC.Cc1c(F)c(F)c(F)c(C(F)(F)F)c1-c1c(F)c(F)c(F)c(F)c1F. The van der Waals surface area contributed by atoms with E-state index >= 15 is 0 Å². The largest absolute Gasteiger partial charge is 0.419 e. The van der Waals surface area contributed by atoms with E-state index in [4.69, 9.17) is 0 Å². The molecule has 0 aromatic heterocycles. The van der Waals surface area contributed by atoms with E-state index in [1.54, 1.807) is 0 Å². The molecule has 0 bridgehead atoms. The van der Waals surface area contributed by atoms with E-state index in [2.05, 4.69) is 20.8 Å². The van der Waals surface area contributed by atoms with E-state index < -0.39 is 75.0 Å². The summed E-state index contributed by atoms with van der Waals surface area (Å²) in [6.07, 6.45) is 1.25. The summed E-state index contributed by atoms with van der Waals surface area (Å²) in [5.74, 6) is -20.2. The normalized spacial score (nSPS) is 12.8. The lowest BCUT2D eigenvalue weighted by Gasteiger charge is -2.19. The molecule has 0 saturated carbocycles. The molecule has 2 aromatic carbocycles. The van der Waals surface area contributed by atoms with Gasteiger partial charge in [0.1, 0.15) is 5.56 Å².